The molecule has 1 aromatic rings. The Hall–Kier alpha value is -1.06. The first kappa shape index (κ1) is 12.0. The molecule has 18 heavy (non-hydrogen) atoms. The molecule has 3 rings (SSSR count). The third-order valence-electron chi connectivity index (χ3n) is 3.80. The Morgan fingerprint density at radius 2 is 1.89 bits per heavy atom. The van der Waals surface area contributed by atoms with Crippen LogP contribution in [0.5, 0.6) is 0 Å². The van der Waals surface area contributed by atoms with E-state index in [1.54, 1.807) is 0 Å². The summed E-state index contributed by atoms with van der Waals surface area (Å²) in [6.07, 6.45) is 3.97. The molecule has 4 heteroatoms. The molecule has 0 aromatic heterocycles. The molecule has 0 bridgehead atoms. The van der Waals surface area contributed by atoms with Gasteiger partial charge < -0.3 is 10.1 Å². The average Bonchev–Trinajstić information content (AvgIpc) is 2.39. The topological polar surface area (TPSA) is 38.3 Å². The highest BCUT2D eigenvalue weighted by Gasteiger charge is 2.38. The number of rotatable bonds is 1. The Morgan fingerprint density at radius 3 is 2.67 bits per heavy atom. The van der Waals surface area contributed by atoms with Gasteiger partial charge >= 0.3 is 0 Å². The predicted octanol–water partition coefficient (Wildman–Crippen LogP) is 3.04. The number of carbonyl (C=O) groups excluding carboxylic acids is 1. The van der Waals surface area contributed by atoms with Crippen molar-refractivity contribution in [3.8, 4) is 0 Å². The van der Waals surface area contributed by atoms with Crippen molar-refractivity contribution in [3.05, 3.63) is 34.9 Å². The van der Waals surface area contributed by atoms with Gasteiger partial charge in [-0.15, -0.1) is 0 Å². The van der Waals surface area contributed by atoms with E-state index >= 15 is 0 Å². The zero-order chi connectivity index (χ0) is 12.5. The van der Waals surface area contributed by atoms with E-state index in [2.05, 4.69) is 5.32 Å². The van der Waals surface area contributed by atoms with E-state index in [4.69, 9.17) is 16.3 Å². The lowest BCUT2D eigenvalue weighted by molar-refractivity contribution is -0.159. The number of nitrogens with one attached hydrogen (secondary N) is 1. The molecular formula is C14H16ClNO2. The normalized spacial score (nSPS) is 31.6. The van der Waals surface area contributed by atoms with Crippen molar-refractivity contribution in [1.82, 2.24) is 5.32 Å². The molecule has 0 radical (unpaired) electrons. The molecule has 1 aliphatic heterocycles. The number of amides is 1. The largest absolute Gasteiger partial charge is 0.350 e. The molecule has 3 nitrogen and oxygen atoms in total. The first-order chi connectivity index (χ1) is 8.74. The lowest BCUT2D eigenvalue weighted by Crippen LogP contribution is -2.49. The summed E-state index contributed by atoms with van der Waals surface area (Å²) in [5.74, 6) is 0.174. The van der Waals surface area contributed by atoms with Crippen molar-refractivity contribution in [2.75, 3.05) is 0 Å². The number of halogens is 1. The monoisotopic (exact) mass is 265 g/mol. The van der Waals surface area contributed by atoms with Gasteiger partial charge in [0.25, 0.3) is 0 Å². The second kappa shape index (κ2) is 4.90. The van der Waals surface area contributed by atoms with E-state index in [9.17, 15) is 4.79 Å². The van der Waals surface area contributed by atoms with Gasteiger partial charge in [0.05, 0.1) is 12.0 Å². The van der Waals surface area contributed by atoms with Crippen LogP contribution < -0.4 is 5.32 Å². The van der Waals surface area contributed by atoms with E-state index in [-0.39, 0.29) is 24.2 Å². The Kier molecular flexibility index (Phi) is 3.27. The first-order valence-electron chi connectivity index (χ1n) is 6.45. The fourth-order valence-electron chi connectivity index (χ4n) is 2.80. The van der Waals surface area contributed by atoms with Gasteiger partial charge in [-0.3, -0.25) is 4.79 Å². The summed E-state index contributed by atoms with van der Waals surface area (Å²) >= 11 is 5.86. The van der Waals surface area contributed by atoms with Crippen molar-refractivity contribution >= 4 is 17.5 Å². The maximum Gasteiger partial charge on any atom is 0.227 e. The average molecular weight is 266 g/mol. The second-order valence-electron chi connectivity index (χ2n) is 5.01. The van der Waals surface area contributed by atoms with Gasteiger partial charge in [-0.25, -0.2) is 0 Å². The molecule has 1 saturated carbocycles. The first-order valence-corrected chi connectivity index (χ1v) is 6.83. The summed E-state index contributed by atoms with van der Waals surface area (Å²) in [6, 6.07) is 7.44. The summed E-state index contributed by atoms with van der Waals surface area (Å²) < 4.78 is 6.01. The maximum absolute atomic E-state index is 12.1. The van der Waals surface area contributed by atoms with Gasteiger partial charge in [0, 0.05) is 10.6 Å². The predicted molar refractivity (Wildman–Crippen MR) is 69.2 cm³/mol. The molecule has 2 fully saturated rings. The molecule has 3 atom stereocenters. The van der Waals surface area contributed by atoms with Crippen LogP contribution in [0.4, 0.5) is 0 Å². The standard InChI is InChI=1S/C14H16ClNO2/c15-10-7-5-9(6-8-10)14-16-13(17)11-3-1-2-4-12(11)18-14/h5-8,11-12,14H,1-4H2,(H,16,17)/t11-,12+,14-/m1/s1. The van der Waals surface area contributed by atoms with Crippen LogP contribution in [0.3, 0.4) is 0 Å². The minimum Gasteiger partial charge on any atom is -0.350 e. The Balaban J connectivity index is 1.78. The summed E-state index contributed by atoms with van der Waals surface area (Å²) in [5.41, 5.74) is 0.955. The molecule has 2 aliphatic rings. The van der Waals surface area contributed by atoms with Gasteiger partial charge in [-0.1, -0.05) is 36.6 Å². The molecule has 1 saturated heterocycles. The van der Waals surface area contributed by atoms with Crippen LogP contribution in [0, 0.1) is 5.92 Å². The summed E-state index contributed by atoms with van der Waals surface area (Å²) in [5, 5.41) is 3.64. The third kappa shape index (κ3) is 2.25. The van der Waals surface area contributed by atoms with Crippen molar-refractivity contribution in [2.45, 2.75) is 38.0 Å². The van der Waals surface area contributed by atoms with Crippen LogP contribution in [0.25, 0.3) is 0 Å². The fourth-order valence-corrected chi connectivity index (χ4v) is 2.93. The fraction of sp³-hybridized carbons (Fsp3) is 0.500. The molecule has 1 amide bonds. The SMILES string of the molecule is O=C1N[C@@H](c2ccc(Cl)cc2)O[C@H]2CCCC[C@@H]12. The lowest BCUT2D eigenvalue weighted by atomic mass is 9.84. The quantitative estimate of drug-likeness (QED) is 0.848. The Bertz CT molecular complexity index is 446. The van der Waals surface area contributed by atoms with Gasteiger partial charge in [-0.05, 0) is 25.0 Å². The number of fused-ring (bicyclic) bond motifs is 1. The second-order valence-corrected chi connectivity index (χ2v) is 5.44. The molecule has 1 aliphatic carbocycles. The van der Waals surface area contributed by atoms with Crippen LogP contribution in [0.2, 0.25) is 5.02 Å². The lowest BCUT2D eigenvalue weighted by Gasteiger charge is -2.39. The molecule has 0 unspecified atom stereocenters. The molecule has 1 aromatic carbocycles. The van der Waals surface area contributed by atoms with Crippen LogP contribution >= 0.6 is 11.6 Å². The number of carbonyl (C=O) groups is 1. The highest BCUT2D eigenvalue weighted by molar-refractivity contribution is 6.30. The van der Waals surface area contributed by atoms with E-state index < -0.39 is 0 Å². The van der Waals surface area contributed by atoms with Gasteiger partial charge in [-0.2, -0.15) is 0 Å². The minimum atomic E-state index is -0.325. The van der Waals surface area contributed by atoms with Gasteiger partial charge in [0.2, 0.25) is 5.91 Å². The van der Waals surface area contributed by atoms with Crippen molar-refractivity contribution in [2.24, 2.45) is 5.92 Å². The molecule has 1 heterocycles. The van der Waals surface area contributed by atoms with E-state index in [1.165, 1.54) is 0 Å². The van der Waals surface area contributed by atoms with E-state index in [1.807, 2.05) is 24.3 Å². The Labute approximate surface area is 111 Å². The van der Waals surface area contributed by atoms with Gasteiger partial charge in [0.1, 0.15) is 0 Å². The van der Waals surface area contributed by atoms with Crippen molar-refractivity contribution < 1.29 is 9.53 Å². The Morgan fingerprint density at radius 1 is 1.17 bits per heavy atom. The molecule has 96 valence electrons. The van der Waals surface area contributed by atoms with Crippen LogP contribution in [-0.2, 0) is 9.53 Å². The van der Waals surface area contributed by atoms with Crippen molar-refractivity contribution in [1.29, 1.82) is 0 Å². The highest BCUT2D eigenvalue weighted by Crippen LogP contribution is 2.34. The number of hydrogen-bond donors (Lipinski definition) is 1. The summed E-state index contributed by atoms with van der Waals surface area (Å²) in [4.78, 5) is 12.1. The maximum atomic E-state index is 12.1. The summed E-state index contributed by atoms with van der Waals surface area (Å²) in [6.45, 7) is 0. The molecular weight excluding hydrogens is 250 g/mol. The van der Waals surface area contributed by atoms with Crippen LogP contribution in [0.15, 0.2) is 24.3 Å². The number of hydrogen-bond acceptors (Lipinski definition) is 2. The summed E-state index contributed by atoms with van der Waals surface area (Å²) in [7, 11) is 0. The highest BCUT2D eigenvalue weighted by atomic mass is 35.5. The van der Waals surface area contributed by atoms with E-state index in [0.717, 1.165) is 31.2 Å². The minimum absolute atomic E-state index is 0.0438. The van der Waals surface area contributed by atoms with Crippen molar-refractivity contribution in [3.63, 3.8) is 0 Å². The smallest absolute Gasteiger partial charge is 0.227 e. The zero-order valence-corrected chi connectivity index (χ0v) is 10.8. The third-order valence-corrected chi connectivity index (χ3v) is 4.05. The van der Waals surface area contributed by atoms with E-state index in [0.29, 0.717) is 5.02 Å². The zero-order valence-electron chi connectivity index (χ0n) is 10.1. The van der Waals surface area contributed by atoms with Crippen LogP contribution in [-0.4, -0.2) is 12.0 Å². The van der Waals surface area contributed by atoms with Gasteiger partial charge in [0.15, 0.2) is 6.23 Å². The van der Waals surface area contributed by atoms with Crippen LogP contribution in [0.1, 0.15) is 37.5 Å². The molecule has 0 spiro atoms. The molecule has 1 N–H and O–H groups in total. The number of benzene rings is 1. The number of ether oxygens (including phenoxy) is 1.